The van der Waals surface area contributed by atoms with Gasteiger partial charge in [-0.15, -0.1) is 0 Å². The fourth-order valence-electron chi connectivity index (χ4n) is 2.01. The van der Waals surface area contributed by atoms with Gasteiger partial charge in [0.2, 0.25) is 0 Å². The maximum Gasteiger partial charge on any atom is 0.297 e. The van der Waals surface area contributed by atoms with Crippen molar-refractivity contribution in [2.24, 2.45) is 0 Å². The van der Waals surface area contributed by atoms with Crippen LogP contribution in [0.1, 0.15) is 12.5 Å². The lowest BCUT2D eigenvalue weighted by Gasteiger charge is -2.10. The summed E-state index contributed by atoms with van der Waals surface area (Å²) in [5, 5.41) is 10.9. The van der Waals surface area contributed by atoms with Crippen LogP contribution in [0.3, 0.4) is 0 Å². The Kier molecular flexibility index (Phi) is 4.18. The van der Waals surface area contributed by atoms with E-state index in [4.69, 9.17) is 4.74 Å². The van der Waals surface area contributed by atoms with Gasteiger partial charge >= 0.3 is 0 Å². The average molecular weight is 286 g/mol. The Morgan fingerprint density at radius 2 is 2.10 bits per heavy atom. The molecule has 0 radical (unpaired) electrons. The van der Waals surface area contributed by atoms with Gasteiger partial charge in [0, 0.05) is 23.9 Å². The first-order valence-electron chi connectivity index (χ1n) is 6.25. The molecular formula is C15H14N2O4. The summed E-state index contributed by atoms with van der Waals surface area (Å²) in [5.74, 6) is 0.210. The number of nitrogens with zero attached hydrogens (tertiary/aromatic N) is 2. The molecule has 1 heterocycles. The van der Waals surface area contributed by atoms with Crippen LogP contribution < -0.4 is 10.3 Å². The molecule has 2 rings (SSSR count). The molecule has 0 aliphatic heterocycles. The molecule has 108 valence electrons. The molecule has 0 N–H and O–H groups in total. The van der Waals surface area contributed by atoms with E-state index in [0.29, 0.717) is 11.3 Å². The highest BCUT2D eigenvalue weighted by Gasteiger charge is 2.12. The summed E-state index contributed by atoms with van der Waals surface area (Å²) in [5.41, 5.74) is 0.798. The Morgan fingerprint density at radius 3 is 2.71 bits per heavy atom. The lowest BCUT2D eigenvalue weighted by Crippen LogP contribution is -2.19. The van der Waals surface area contributed by atoms with Gasteiger partial charge in [0.05, 0.1) is 17.7 Å². The Balaban J connectivity index is 2.69. The van der Waals surface area contributed by atoms with Crippen LogP contribution in [0, 0.1) is 10.1 Å². The Hall–Kier alpha value is -2.89. The highest BCUT2D eigenvalue weighted by molar-refractivity contribution is 5.64. The number of allylic oxidation sites excluding steroid dienone is 1. The van der Waals surface area contributed by atoms with E-state index in [0.717, 1.165) is 0 Å². The van der Waals surface area contributed by atoms with Crippen LogP contribution in [0.2, 0.25) is 0 Å². The highest BCUT2D eigenvalue weighted by Crippen LogP contribution is 2.22. The molecule has 0 unspecified atom stereocenters. The molecule has 6 nitrogen and oxygen atoms in total. The summed E-state index contributed by atoms with van der Waals surface area (Å²) in [7, 11) is 1.42. The van der Waals surface area contributed by atoms with Gasteiger partial charge in [0.1, 0.15) is 0 Å². The summed E-state index contributed by atoms with van der Waals surface area (Å²) < 4.78 is 6.41. The van der Waals surface area contributed by atoms with Crippen molar-refractivity contribution >= 4 is 11.8 Å². The second-order valence-corrected chi connectivity index (χ2v) is 4.25. The summed E-state index contributed by atoms with van der Waals surface area (Å²) in [6.07, 6.45) is 5.07. The number of methoxy groups -OCH3 is 1. The number of pyridine rings is 1. The summed E-state index contributed by atoms with van der Waals surface area (Å²) in [6, 6.07) is 7.60. The number of hydrogen-bond acceptors (Lipinski definition) is 4. The number of hydrogen-bond donors (Lipinski definition) is 0. The molecule has 0 bridgehead atoms. The molecule has 21 heavy (non-hydrogen) atoms. The maximum atomic E-state index is 12.3. The third-order valence-electron chi connectivity index (χ3n) is 2.96. The molecule has 2 aromatic rings. The SMILES string of the molecule is CC=Cc1cc([N+](=O)[O-])ccc1-n1cccc(OC)c1=O. The van der Waals surface area contributed by atoms with E-state index in [1.54, 1.807) is 43.5 Å². The van der Waals surface area contributed by atoms with Gasteiger partial charge in [-0.25, -0.2) is 0 Å². The minimum atomic E-state index is -0.467. The number of ether oxygens (including phenoxy) is 1. The number of rotatable bonds is 4. The Bertz CT molecular complexity index is 763. The van der Waals surface area contributed by atoms with Crippen LogP contribution in [0.15, 0.2) is 47.4 Å². The highest BCUT2D eigenvalue weighted by atomic mass is 16.6. The average Bonchev–Trinajstić information content (AvgIpc) is 2.48. The van der Waals surface area contributed by atoms with Gasteiger partial charge in [-0.05, 0) is 25.1 Å². The number of nitro benzene ring substituents is 1. The first kappa shape index (κ1) is 14.5. The van der Waals surface area contributed by atoms with E-state index in [1.807, 2.05) is 0 Å². The lowest BCUT2D eigenvalue weighted by molar-refractivity contribution is -0.384. The minimum absolute atomic E-state index is 0.0252. The van der Waals surface area contributed by atoms with E-state index < -0.39 is 4.92 Å². The quantitative estimate of drug-likeness (QED) is 0.639. The number of benzene rings is 1. The second-order valence-electron chi connectivity index (χ2n) is 4.25. The van der Waals surface area contributed by atoms with E-state index in [2.05, 4.69) is 0 Å². The maximum absolute atomic E-state index is 12.3. The minimum Gasteiger partial charge on any atom is -0.491 e. The molecule has 0 atom stereocenters. The molecule has 1 aromatic carbocycles. The molecule has 1 aromatic heterocycles. The molecule has 0 saturated carbocycles. The van der Waals surface area contributed by atoms with Crippen LogP contribution in [0.4, 0.5) is 5.69 Å². The van der Waals surface area contributed by atoms with Gasteiger partial charge < -0.3 is 4.74 Å². The monoisotopic (exact) mass is 286 g/mol. The summed E-state index contributed by atoms with van der Waals surface area (Å²) >= 11 is 0. The first-order valence-corrected chi connectivity index (χ1v) is 6.25. The molecule has 0 spiro atoms. The van der Waals surface area contributed by atoms with Gasteiger partial charge in [0.15, 0.2) is 5.75 Å². The van der Waals surface area contributed by atoms with Crippen molar-refractivity contribution in [3.8, 4) is 11.4 Å². The van der Waals surface area contributed by atoms with E-state index in [1.165, 1.54) is 23.8 Å². The van der Waals surface area contributed by atoms with Crippen LogP contribution in [0.25, 0.3) is 11.8 Å². The van der Waals surface area contributed by atoms with Gasteiger partial charge in [-0.2, -0.15) is 0 Å². The fraction of sp³-hybridized carbons (Fsp3) is 0.133. The van der Waals surface area contributed by atoms with Crippen molar-refractivity contribution < 1.29 is 9.66 Å². The number of non-ortho nitro benzene ring substituents is 1. The molecule has 0 fully saturated rings. The van der Waals surface area contributed by atoms with Crippen molar-refractivity contribution in [3.63, 3.8) is 0 Å². The van der Waals surface area contributed by atoms with E-state index in [-0.39, 0.29) is 17.0 Å². The van der Waals surface area contributed by atoms with E-state index in [9.17, 15) is 14.9 Å². The third kappa shape index (κ3) is 2.84. The molecular weight excluding hydrogens is 272 g/mol. The van der Waals surface area contributed by atoms with Crippen molar-refractivity contribution in [3.05, 3.63) is 68.6 Å². The largest absolute Gasteiger partial charge is 0.491 e. The first-order chi connectivity index (χ1) is 10.1. The van der Waals surface area contributed by atoms with Crippen LogP contribution >= 0.6 is 0 Å². The van der Waals surface area contributed by atoms with Crippen molar-refractivity contribution in [1.82, 2.24) is 4.57 Å². The summed E-state index contributed by atoms with van der Waals surface area (Å²) in [6.45, 7) is 1.80. The molecule has 0 amide bonds. The Labute approximate surface area is 121 Å². The molecule has 0 aliphatic carbocycles. The van der Waals surface area contributed by atoms with Gasteiger partial charge in [0.25, 0.3) is 11.2 Å². The smallest absolute Gasteiger partial charge is 0.297 e. The van der Waals surface area contributed by atoms with Gasteiger partial charge in [-0.3, -0.25) is 19.5 Å². The predicted molar refractivity (Wildman–Crippen MR) is 80.0 cm³/mol. The van der Waals surface area contributed by atoms with Gasteiger partial charge in [-0.1, -0.05) is 12.2 Å². The van der Waals surface area contributed by atoms with Crippen LogP contribution in [-0.4, -0.2) is 16.6 Å². The Morgan fingerprint density at radius 1 is 1.33 bits per heavy atom. The normalized spacial score (nSPS) is 10.8. The zero-order valence-electron chi connectivity index (χ0n) is 11.6. The summed E-state index contributed by atoms with van der Waals surface area (Å²) in [4.78, 5) is 22.7. The third-order valence-corrected chi connectivity index (χ3v) is 2.96. The number of nitro groups is 1. The molecule has 0 aliphatic rings. The van der Waals surface area contributed by atoms with E-state index >= 15 is 0 Å². The van der Waals surface area contributed by atoms with Crippen molar-refractivity contribution in [2.75, 3.05) is 7.11 Å². The predicted octanol–water partition coefficient (Wildman–Crippen LogP) is 2.79. The van der Waals surface area contributed by atoms with Crippen LogP contribution in [0.5, 0.6) is 5.75 Å². The standard InChI is InChI=1S/C15H14N2O4/c1-3-5-11-10-12(17(19)20)7-8-13(11)16-9-4-6-14(21-2)15(16)18/h3-10H,1-2H3. The second kappa shape index (κ2) is 6.04. The van der Waals surface area contributed by atoms with Crippen molar-refractivity contribution in [2.45, 2.75) is 6.92 Å². The zero-order valence-corrected chi connectivity index (χ0v) is 11.6. The van der Waals surface area contributed by atoms with Crippen molar-refractivity contribution in [1.29, 1.82) is 0 Å². The van der Waals surface area contributed by atoms with Crippen LogP contribution in [-0.2, 0) is 0 Å². The number of aromatic nitrogens is 1. The zero-order chi connectivity index (χ0) is 15.4. The molecule has 0 saturated heterocycles. The molecule has 6 heteroatoms. The lowest BCUT2D eigenvalue weighted by atomic mass is 10.1. The topological polar surface area (TPSA) is 74.4 Å². The fourth-order valence-corrected chi connectivity index (χ4v) is 2.01.